The van der Waals surface area contributed by atoms with Crippen LogP contribution in [0.4, 0.5) is 0 Å². The molecule has 0 amide bonds. The van der Waals surface area contributed by atoms with E-state index in [0.717, 1.165) is 0 Å². The fourth-order valence-electron chi connectivity index (χ4n) is 12.4. The first kappa shape index (κ1) is 34.4. The van der Waals surface area contributed by atoms with E-state index in [-0.39, 0.29) is 10.8 Å². The molecule has 0 N–H and O–H groups in total. The van der Waals surface area contributed by atoms with E-state index in [1.807, 2.05) is 0 Å². The highest BCUT2D eigenvalue weighted by Gasteiger charge is 2.36. The molecule has 12 aromatic carbocycles. The van der Waals surface area contributed by atoms with Crippen LogP contribution >= 0.6 is 0 Å². The molecule has 0 nitrogen and oxygen atoms in total. The van der Waals surface area contributed by atoms with Crippen LogP contribution in [-0.4, -0.2) is 0 Å². The lowest BCUT2D eigenvalue weighted by atomic mass is 9.81. The van der Waals surface area contributed by atoms with Gasteiger partial charge in [-0.15, -0.1) is 0 Å². The third kappa shape index (κ3) is 4.32. The van der Waals surface area contributed by atoms with Crippen molar-refractivity contribution in [3.05, 3.63) is 204 Å². The zero-order valence-electron chi connectivity index (χ0n) is 35.3. The second-order valence-electron chi connectivity index (χ2n) is 19.2. The molecule has 0 spiro atoms. The number of rotatable bonds is 3. The molecule has 0 heteroatoms. The minimum Gasteiger partial charge on any atom is -0.0619 e. The van der Waals surface area contributed by atoms with Gasteiger partial charge in [0.2, 0.25) is 0 Å². The third-order valence-corrected chi connectivity index (χ3v) is 15.4. The Labute approximate surface area is 361 Å². The Bertz CT molecular complexity index is 3650. The van der Waals surface area contributed by atoms with Gasteiger partial charge in [-0.25, -0.2) is 0 Å². The molecule has 0 heterocycles. The number of hydrogen-bond donors (Lipinski definition) is 0. The van der Waals surface area contributed by atoms with E-state index in [4.69, 9.17) is 0 Å². The minimum absolute atomic E-state index is 0.00990. The monoisotopic (exact) mass is 786 g/mol. The van der Waals surface area contributed by atoms with Gasteiger partial charge in [-0.2, -0.15) is 0 Å². The van der Waals surface area contributed by atoms with Crippen molar-refractivity contribution in [2.45, 2.75) is 38.5 Å². The van der Waals surface area contributed by atoms with Crippen molar-refractivity contribution in [3.8, 4) is 55.6 Å². The molecule has 14 rings (SSSR count). The third-order valence-electron chi connectivity index (χ3n) is 15.4. The summed E-state index contributed by atoms with van der Waals surface area (Å²) in [5.74, 6) is 0. The predicted octanol–water partition coefficient (Wildman–Crippen LogP) is 17.1. The maximum absolute atomic E-state index is 2.45. The summed E-state index contributed by atoms with van der Waals surface area (Å²) >= 11 is 0. The molecule has 12 aromatic rings. The lowest BCUT2D eigenvalue weighted by Crippen LogP contribution is -2.14. The zero-order chi connectivity index (χ0) is 41.2. The number of benzene rings is 12. The Balaban J connectivity index is 0.952. The van der Waals surface area contributed by atoms with Crippen LogP contribution < -0.4 is 0 Å². The van der Waals surface area contributed by atoms with E-state index in [2.05, 4.69) is 210 Å². The summed E-state index contributed by atoms with van der Waals surface area (Å²) in [7, 11) is 0. The van der Waals surface area contributed by atoms with Gasteiger partial charge >= 0.3 is 0 Å². The lowest BCUT2D eigenvalue weighted by Gasteiger charge is -2.22. The molecule has 2 aliphatic rings. The van der Waals surface area contributed by atoms with Crippen LogP contribution in [0.25, 0.3) is 120 Å². The van der Waals surface area contributed by atoms with Crippen LogP contribution in [0.15, 0.2) is 182 Å². The van der Waals surface area contributed by atoms with Crippen LogP contribution in [-0.2, 0) is 10.8 Å². The molecule has 0 bridgehead atoms. The van der Waals surface area contributed by atoms with E-state index >= 15 is 0 Å². The second-order valence-corrected chi connectivity index (χ2v) is 19.2. The van der Waals surface area contributed by atoms with Gasteiger partial charge in [-0.1, -0.05) is 198 Å². The van der Waals surface area contributed by atoms with Crippen LogP contribution in [0.5, 0.6) is 0 Å². The molecule has 0 unspecified atom stereocenters. The summed E-state index contributed by atoms with van der Waals surface area (Å²) < 4.78 is 0. The second kappa shape index (κ2) is 11.8. The topological polar surface area (TPSA) is 0 Å². The highest BCUT2D eigenvalue weighted by molar-refractivity contribution is 6.31. The number of hydrogen-bond acceptors (Lipinski definition) is 0. The van der Waals surface area contributed by atoms with Crippen LogP contribution in [0, 0.1) is 0 Å². The fraction of sp³-hybridized carbons (Fsp3) is 0.0968. The summed E-state index contributed by atoms with van der Waals surface area (Å²) in [6, 6.07) is 69.9. The highest BCUT2D eigenvalue weighted by Crippen LogP contribution is 2.53. The highest BCUT2D eigenvalue weighted by atomic mass is 14.4. The Morgan fingerprint density at radius 1 is 0.242 bits per heavy atom. The summed E-state index contributed by atoms with van der Waals surface area (Å²) in [4.78, 5) is 0. The van der Waals surface area contributed by atoms with Crippen LogP contribution in [0.1, 0.15) is 49.9 Å². The first-order valence-electron chi connectivity index (χ1n) is 22.2. The molecule has 0 atom stereocenters. The smallest absolute Gasteiger partial charge is 0.0158 e. The van der Waals surface area contributed by atoms with Crippen molar-refractivity contribution in [3.63, 3.8) is 0 Å². The molecular weight excluding hydrogens is 745 g/mol. The molecule has 0 aliphatic heterocycles. The van der Waals surface area contributed by atoms with Crippen molar-refractivity contribution in [1.82, 2.24) is 0 Å². The summed E-state index contributed by atoms with van der Waals surface area (Å²) in [6.45, 7) is 9.44. The molecule has 2 aliphatic carbocycles. The molecule has 0 saturated carbocycles. The van der Waals surface area contributed by atoms with Crippen molar-refractivity contribution in [1.29, 1.82) is 0 Å². The SMILES string of the molecule is CC1(C)c2ccccc2-c2cc(-c3ccc4ccc5c(-c6ccc7ccc8c(-c9ccc%10c(c9)-c9ccccc9C%10(C)C)ccc9ccc6c7c98)ccc6ccc3c4c65)ccc21. The quantitative estimate of drug-likeness (QED) is 0.157. The van der Waals surface area contributed by atoms with E-state index in [1.165, 1.54) is 143 Å². The Hall–Kier alpha value is -7.28. The first-order valence-corrected chi connectivity index (χ1v) is 22.2. The average Bonchev–Trinajstić information content (AvgIpc) is 3.68. The maximum Gasteiger partial charge on any atom is 0.0158 e. The molecule has 0 fully saturated rings. The number of fused-ring (bicyclic) bond motifs is 6. The Kier molecular flexibility index (Phi) is 6.53. The van der Waals surface area contributed by atoms with Crippen molar-refractivity contribution < 1.29 is 0 Å². The summed E-state index contributed by atoms with van der Waals surface area (Å²) in [5.41, 5.74) is 18.8. The van der Waals surface area contributed by atoms with Crippen LogP contribution in [0.2, 0.25) is 0 Å². The molecule has 290 valence electrons. The van der Waals surface area contributed by atoms with E-state index in [9.17, 15) is 0 Å². The van der Waals surface area contributed by atoms with Gasteiger partial charge in [0.1, 0.15) is 0 Å². The lowest BCUT2D eigenvalue weighted by molar-refractivity contribution is 0.660. The standard InChI is InChI=1S/C62H42/c1-61(2)53-11-7-5-9-45(53)51-33-39(21-31-55(51)61)41-23-13-35-19-29-49-43(25-15-37-17-27-47(41)57(35)59(37)49)44-26-16-38-18-28-48-42(24-14-36-20-30-50(44)60(38)58(36)48)40-22-32-56-52(34-40)46-10-6-8-12-54(46)62(56,3)4/h5-34H,1-4H3. The van der Waals surface area contributed by atoms with Gasteiger partial charge in [-0.3, -0.25) is 0 Å². The van der Waals surface area contributed by atoms with Gasteiger partial charge in [0.25, 0.3) is 0 Å². The maximum atomic E-state index is 2.45. The zero-order valence-corrected chi connectivity index (χ0v) is 35.3. The molecule has 62 heavy (non-hydrogen) atoms. The van der Waals surface area contributed by atoms with Crippen molar-refractivity contribution in [2.24, 2.45) is 0 Å². The molecule has 0 aromatic heterocycles. The first-order chi connectivity index (χ1) is 30.3. The van der Waals surface area contributed by atoms with Crippen molar-refractivity contribution >= 4 is 64.6 Å². The fourth-order valence-corrected chi connectivity index (χ4v) is 12.4. The van der Waals surface area contributed by atoms with E-state index in [0.29, 0.717) is 0 Å². The molecule has 0 saturated heterocycles. The van der Waals surface area contributed by atoms with Gasteiger partial charge in [-0.05, 0) is 155 Å². The van der Waals surface area contributed by atoms with E-state index < -0.39 is 0 Å². The summed E-state index contributed by atoms with van der Waals surface area (Å²) in [5, 5.41) is 15.8. The van der Waals surface area contributed by atoms with Crippen LogP contribution in [0.3, 0.4) is 0 Å². The van der Waals surface area contributed by atoms with Gasteiger partial charge < -0.3 is 0 Å². The Morgan fingerprint density at radius 3 is 0.935 bits per heavy atom. The van der Waals surface area contributed by atoms with Gasteiger partial charge in [0.05, 0.1) is 0 Å². The molecule has 0 radical (unpaired) electrons. The summed E-state index contributed by atoms with van der Waals surface area (Å²) in [6.07, 6.45) is 0. The minimum atomic E-state index is -0.00990. The van der Waals surface area contributed by atoms with E-state index in [1.54, 1.807) is 0 Å². The van der Waals surface area contributed by atoms with Crippen molar-refractivity contribution in [2.75, 3.05) is 0 Å². The van der Waals surface area contributed by atoms with Gasteiger partial charge in [0.15, 0.2) is 0 Å². The molecular formula is C62H42. The normalized spacial score (nSPS) is 14.7. The average molecular weight is 787 g/mol. The Morgan fingerprint density at radius 2 is 0.548 bits per heavy atom. The predicted molar refractivity (Wildman–Crippen MR) is 265 cm³/mol. The van der Waals surface area contributed by atoms with Gasteiger partial charge in [0, 0.05) is 10.8 Å². The largest absolute Gasteiger partial charge is 0.0619 e.